The van der Waals surface area contributed by atoms with Crippen molar-refractivity contribution < 1.29 is 4.79 Å². The molecule has 1 N–H and O–H groups in total. The summed E-state index contributed by atoms with van der Waals surface area (Å²) >= 11 is 0. The van der Waals surface area contributed by atoms with Crippen molar-refractivity contribution in [2.45, 2.75) is 19.8 Å². The molecule has 1 aliphatic carbocycles. The number of fused-ring (bicyclic) bond motifs is 1. The molecule has 1 fully saturated rings. The molecule has 0 spiro atoms. The predicted octanol–water partition coefficient (Wildman–Crippen LogP) is 2.44. The van der Waals surface area contributed by atoms with Crippen LogP contribution in [-0.4, -0.2) is 28.9 Å². The largest absolute Gasteiger partial charge is 0.357 e. The molecule has 1 aromatic rings. The van der Waals surface area contributed by atoms with Gasteiger partial charge in [0.15, 0.2) is 0 Å². The van der Waals surface area contributed by atoms with Crippen LogP contribution in [0.15, 0.2) is 30.0 Å². The number of allylic oxidation sites excluding steroid dienone is 2. The fourth-order valence-corrected chi connectivity index (χ4v) is 3.09. The van der Waals surface area contributed by atoms with Crippen LogP contribution in [0, 0.1) is 11.8 Å². The van der Waals surface area contributed by atoms with Gasteiger partial charge in [-0.15, -0.1) is 0 Å². The Morgan fingerprint density at radius 1 is 1.41 bits per heavy atom. The van der Waals surface area contributed by atoms with Gasteiger partial charge < -0.3 is 9.88 Å². The van der Waals surface area contributed by atoms with E-state index in [9.17, 15) is 4.79 Å². The number of hydrogen-bond acceptors (Lipinski definition) is 1. The second kappa shape index (κ2) is 4.06. The van der Waals surface area contributed by atoms with Crippen LogP contribution < -0.4 is 0 Å². The number of aromatic amines is 1. The number of aromatic nitrogens is 1. The maximum atomic E-state index is 12.2. The van der Waals surface area contributed by atoms with Gasteiger partial charge in [-0.05, 0) is 43.7 Å². The zero-order valence-corrected chi connectivity index (χ0v) is 10.1. The van der Waals surface area contributed by atoms with Crippen molar-refractivity contribution in [1.29, 1.82) is 0 Å². The van der Waals surface area contributed by atoms with Gasteiger partial charge in [-0.2, -0.15) is 0 Å². The van der Waals surface area contributed by atoms with E-state index < -0.39 is 0 Å². The lowest BCUT2D eigenvalue weighted by Crippen LogP contribution is -2.29. The highest BCUT2D eigenvalue weighted by molar-refractivity contribution is 5.92. The highest BCUT2D eigenvalue weighted by atomic mass is 16.2. The summed E-state index contributed by atoms with van der Waals surface area (Å²) in [6.45, 7) is 4.05. The van der Waals surface area contributed by atoms with Gasteiger partial charge in [0, 0.05) is 19.3 Å². The van der Waals surface area contributed by atoms with E-state index in [1.807, 2.05) is 23.2 Å². The summed E-state index contributed by atoms with van der Waals surface area (Å²) in [6.07, 6.45) is 6.45. The molecular formula is C14H18N2O. The Kier molecular flexibility index (Phi) is 2.54. The van der Waals surface area contributed by atoms with Gasteiger partial charge in [0.25, 0.3) is 5.91 Å². The summed E-state index contributed by atoms with van der Waals surface area (Å²) in [7, 11) is 0. The van der Waals surface area contributed by atoms with Crippen molar-refractivity contribution in [3.8, 4) is 0 Å². The average Bonchev–Trinajstić information content (AvgIpc) is 2.96. The Hall–Kier alpha value is -1.51. The molecule has 1 aromatic heterocycles. The summed E-state index contributed by atoms with van der Waals surface area (Å²) in [5.74, 6) is 1.51. The third kappa shape index (κ3) is 1.90. The Morgan fingerprint density at radius 3 is 3.00 bits per heavy atom. The fraction of sp³-hybridized carbons (Fsp3) is 0.500. The number of carbonyl (C=O) groups excluding carboxylic acids is 1. The summed E-state index contributed by atoms with van der Waals surface area (Å²) in [5, 5.41) is 0. The number of likely N-dealkylation sites (tertiary alicyclic amines) is 1. The molecule has 0 unspecified atom stereocenters. The van der Waals surface area contributed by atoms with E-state index in [2.05, 4.69) is 18.0 Å². The summed E-state index contributed by atoms with van der Waals surface area (Å²) < 4.78 is 0. The zero-order chi connectivity index (χ0) is 11.8. The normalized spacial score (nSPS) is 27.8. The molecule has 1 saturated heterocycles. The Morgan fingerprint density at radius 2 is 2.24 bits per heavy atom. The van der Waals surface area contributed by atoms with Crippen LogP contribution in [0.5, 0.6) is 0 Å². The van der Waals surface area contributed by atoms with Gasteiger partial charge in [0.2, 0.25) is 0 Å². The van der Waals surface area contributed by atoms with Crippen molar-refractivity contribution in [3.05, 3.63) is 35.7 Å². The molecule has 3 rings (SSSR count). The first-order chi connectivity index (χ1) is 8.24. The molecule has 2 heterocycles. The van der Waals surface area contributed by atoms with Crippen molar-refractivity contribution in [1.82, 2.24) is 9.88 Å². The molecule has 1 aliphatic heterocycles. The first kappa shape index (κ1) is 10.6. The van der Waals surface area contributed by atoms with Crippen molar-refractivity contribution >= 4 is 5.91 Å². The molecule has 0 radical (unpaired) electrons. The number of nitrogens with zero attached hydrogens (tertiary/aromatic N) is 1. The Balaban J connectivity index is 1.71. The Bertz CT molecular complexity index is 447. The molecule has 1 amide bonds. The molecule has 90 valence electrons. The van der Waals surface area contributed by atoms with Crippen molar-refractivity contribution in [2.24, 2.45) is 11.8 Å². The predicted molar refractivity (Wildman–Crippen MR) is 66.7 cm³/mol. The van der Waals surface area contributed by atoms with Gasteiger partial charge in [-0.25, -0.2) is 0 Å². The van der Waals surface area contributed by atoms with Crippen LogP contribution in [-0.2, 0) is 0 Å². The van der Waals surface area contributed by atoms with E-state index in [0.29, 0.717) is 17.5 Å². The second-order valence-electron chi connectivity index (χ2n) is 5.30. The lowest BCUT2D eigenvalue weighted by atomic mass is 9.83. The minimum Gasteiger partial charge on any atom is -0.357 e. The average molecular weight is 230 g/mol. The second-order valence-corrected chi connectivity index (χ2v) is 5.30. The van der Waals surface area contributed by atoms with Crippen LogP contribution >= 0.6 is 0 Å². The smallest absolute Gasteiger partial charge is 0.270 e. The van der Waals surface area contributed by atoms with E-state index in [0.717, 1.165) is 19.5 Å². The number of rotatable bonds is 1. The monoisotopic (exact) mass is 230 g/mol. The van der Waals surface area contributed by atoms with Gasteiger partial charge in [-0.3, -0.25) is 4.79 Å². The fourth-order valence-electron chi connectivity index (χ4n) is 3.09. The SMILES string of the molecule is CC1=CC[C@@H]2CN(C(=O)c3ccc[nH]3)C[C@@H]2C1. The van der Waals surface area contributed by atoms with Crippen LogP contribution in [0.3, 0.4) is 0 Å². The highest BCUT2D eigenvalue weighted by Gasteiger charge is 2.36. The van der Waals surface area contributed by atoms with E-state index >= 15 is 0 Å². The topological polar surface area (TPSA) is 36.1 Å². The van der Waals surface area contributed by atoms with Gasteiger partial charge in [0.05, 0.1) is 0 Å². The van der Waals surface area contributed by atoms with Gasteiger partial charge in [0.1, 0.15) is 5.69 Å². The minimum atomic E-state index is 0.155. The lowest BCUT2D eigenvalue weighted by molar-refractivity contribution is 0.0779. The van der Waals surface area contributed by atoms with E-state index in [1.165, 1.54) is 12.0 Å². The molecule has 2 atom stereocenters. The van der Waals surface area contributed by atoms with Crippen LogP contribution in [0.25, 0.3) is 0 Å². The molecule has 17 heavy (non-hydrogen) atoms. The summed E-state index contributed by atoms with van der Waals surface area (Å²) in [5.41, 5.74) is 2.20. The number of nitrogens with one attached hydrogen (secondary N) is 1. The molecule has 2 aliphatic rings. The highest BCUT2D eigenvalue weighted by Crippen LogP contribution is 2.35. The van der Waals surface area contributed by atoms with Gasteiger partial charge in [-0.1, -0.05) is 11.6 Å². The maximum Gasteiger partial charge on any atom is 0.270 e. The first-order valence-corrected chi connectivity index (χ1v) is 6.32. The van der Waals surface area contributed by atoms with E-state index in [-0.39, 0.29) is 5.91 Å². The van der Waals surface area contributed by atoms with Crippen LogP contribution in [0.4, 0.5) is 0 Å². The maximum absolute atomic E-state index is 12.2. The van der Waals surface area contributed by atoms with E-state index in [4.69, 9.17) is 0 Å². The molecule has 0 bridgehead atoms. The third-order valence-electron chi connectivity index (χ3n) is 4.05. The number of H-pyrrole nitrogens is 1. The molecule has 0 saturated carbocycles. The van der Waals surface area contributed by atoms with Crippen molar-refractivity contribution in [3.63, 3.8) is 0 Å². The Labute approximate surface area is 102 Å². The molecule has 3 nitrogen and oxygen atoms in total. The van der Waals surface area contributed by atoms with Crippen LogP contribution in [0.1, 0.15) is 30.3 Å². The molecule has 0 aromatic carbocycles. The zero-order valence-electron chi connectivity index (χ0n) is 10.1. The quantitative estimate of drug-likeness (QED) is 0.739. The van der Waals surface area contributed by atoms with E-state index in [1.54, 1.807) is 0 Å². The number of amides is 1. The number of hydrogen-bond donors (Lipinski definition) is 1. The minimum absolute atomic E-state index is 0.155. The first-order valence-electron chi connectivity index (χ1n) is 6.32. The lowest BCUT2D eigenvalue weighted by Gasteiger charge is -2.21. The molecular weight excluding hydrogens is 212 g/mol. The van der Waals surface area contributed by atoms with Gasteiger partial charge >= 0.3 is 0 Å². The third-order valence-corrected chi connectivity index (χ3v) is 4.05. The van der Waals surface area contributed by atoms with Crippen LogP contribution in [0.2, 0.25) is 0 Å². The number of carbonyl (C=O) groups is 1. The summed E-state index contributed by atoms with van der Waals surface area (Å²) in [6, 6.07) is 3.73. The van der Waals surface area contributed by atoms with Crippen molar-refractivity contribution in [2.75, 3.05) is 13.1 Å². The molecule has 3 heteroatoms. The standard InChI is InChI=1S/C14H18N2O/c1-10-4-5-11-8-16(9-12(11)7-10)14(17)13-3-2-6-15-13/h2-4,6,11-12,15H,5,7-9H2,1H3/t11-,12+/m1/s1. The summed E-state index contributed by atoms with van der Waals surface area (Å²) in [4.78, 5) is 17.2.